The van der Waals surface area contributed by atoms with E-state index in [9.17, 15) is 13.2 Å². The van der Waals surface area contributed by atoms with Gasteiger partial charge in [-0.15, -0.1) is 12.4 Å². The van der Waals surface area contributed by atoms with Crippen LogP contribution in [0.4, 0.5) is 0 Å². The zero-order chi connectivity index (χ0) is 19.3. The Hall–Kier alpha value is -2.16. The van der Waals surface area contributed by atoms with Gasteiger partial charge in [-0.1, -0.05) is 6.07 Å². The van der Waals surface area contributed by atoms with E-state index >= 15 is 0 Å². The molecule has 1 unspecified atom stereocenters. The summed E-state index contributed by atoms with van der Waals surface area (Å²) < 4.78 is 28.5. The topological polar surface area (TPSA) is 88.6 Å². The van der Waals surface area contributed by atoms with Crippen LogP contribution in [0, 0.1) is 0 Å². The quantitative estimate of drug-likeness (QED) is 0.759. The molecule has 0 saturated carbocycles. The summed E-state index contributed by atoms with van der Waals surface area (Å²) in [5.74, 6) is 0.567. The maximum Gasteiger partial charge on any atom is 0.226 e. The molecule has 2 aromatic rings. The monoisotopic (exact) mass is 425 g/mol. The number of halogens is 1. The van der Waals surface area contributed by atoms with Crippen LogP contribution in [-0.2, 0) is 14.6 Å². The van der Waals surface area contributed by atoms with Crippen molar-refractivity contribution in [1.82, 2.24) is 15.2 Å². The van der Waals surface area contributed by atoms with Crippen LogP contribution < -0.4 is 10.1 Å². The standard InChI is InChI=1S/C19H23N3O4S.ClH/c1-27(24,25)17-6-4-16(5-7-17)26-12-8-19(23)22-11-10-21-14-18(22)15-3-2-9-20-13-15;/h2-7,9,13,18,21H,8,10-12,14H2,1H3;1H. The Kier molecular flexibility index (Phi) is 7.79. The van der Waals surface area contributed by atoms with Gasteiger partial charge < -0.3 is 15.0 Å². The van der Waals surface area contributed by atoms with Gasteiger partial charge in [0.1, 0.15) is 5.75 Å². The van der Waals surface area contributed by atoms with Gasteiger partial charge in [-0.05, 0) is 35.9 Å². The minimum Gasteiger partial charge on any atom is -0.493 e. The highest BCUT2D eigenvalue weighted by Crippen LogP contribution is 2.22. The molecule has 0 aliphatic carbocycles. The molecule has 1 atom stereocenters. The van der Waals surface area contributed by atoms with Crippen LogP contribution in [0.25, 0.3) is 0 Å². The molecular weight excluding hydrogens is 402 g/mol. The molecule has 7 nitrogen and oxygen atoms in total. The van der Waals surface area contributed by atoms with Gasteiger partial charge in [-0.25, -0.2) is 8.42 Å². The first-order chi connectivity index (χ1) is 12.9. The number of aromatic nitrogens is 1. The smallest absolute Gasteiger partial charge is 0.226 e. The number of rotatable bonds is 6. The lowest BCUT2D eigenvalue weighted by Crippen LogP contribution is -2.49. The summed E-state index contributed by atoms with van der Waals surface area (Å²) >= 11 is 0. The van der Waals surface area contributed by atoms with Gasteiger partial charge in [0.25, 0.3) is 0 Å². The Labute approximate surface area is 171 Å². The lowest BCUT2D eigenvalue weighted by molar-refractivity contribution is -0.135. The Balaban J connectivity index is 0.00000280. The Morgan fingerprint density at radius 2 is 2.04 bits per heavy atom. The molecule has 1 saturated heterocycles. The van der Waals surface area contributed by atoms with E-state index in [-0.39, 0.29) is 42.3 Å². The van der Waals surface area contributed by atoms with E-state index in [1.54, 1.807) is 24.5 Å². The second-order valence-corrected chi connectivity index (χ2v) is 8.45. The average molecular weight is 426 g/mol. The summed E-state index contributed by atoms with van der Waals surface area (Å²) in [5.41, 5.74) is 1.01. The second-order valence-electron chi connectivity index (χ2n) is 6.44. The molecule has 1 N–H and O–H groups in total. The van der Waals surface area contributed by atoms with Crippen molar-refractivity contribution >= 4 is 28.2 Å². The van der Waals surface area contributed by atoms with Crippen LogP contribution in [-0.4, -0.2) is 56.7 Å². The highest BCUT2D eigenvalue weighted by atomic mass is 35.5. The van der Waals surface area contributed by atoms with E-state index in [2.05, 4.69) is 10.3 Å². The number of nitrogens with one attached hydrogen (secondary N) is 1. The van der Waals surface area contributed by atoms with E-state index in [1.807, 2.05) is 17.0 Å². The third kappa shape index (κ3) is 5.67. The number of ether oxygens (including phenoxy) is 1. The van der Waals surface area contributed by atoms with Crippen molar-refractivity contribution in [2.24, 2.45) is 0 Å². The predicted molar refractivity (Wildman–Crippen MR) is 108 cm³/mol. The van der Waals surface area contributed by atoms with Crippen LogP contribution >= 0.6 is 12.4 Å². The van der Waals surface area contributed by atoms with Crippen LogP contribution in [0.2, 0.25) is 0 Å². The third-order valence-corrected chi connectivity index (χ3v) is 5.60. The van der Waals surface area contributed by atoms with Crippen molar-refractivity contribution in [3.63, 3.8) is 0 Å². The summed E-state index contributed by atoms with van der Waals surface area (Å²) in [5, 5.41) is 3.32. The summed E-state index contributed by atoms with van der Waals surface area (Å²) in [7, 11) is -3.23. The van der Waals surface area contributed by atoms with E-state index in [0.29, 0.717) is 18.8 Å². The van der Waals surface area contributed by atoms with E-state index in [1.165, 1.54) is 12.1 Å². The van der Waals surface area contributed by atoms with Crippen LogP contribution in [0.1, 0.15) is 18.0 Å². The van der Waals surface area contributed by atoms with Gasteiger partial charge in [-0.2, -0.15) is 0 Å². The molecule has 0 radical (unpaired) electrons. The molecule has 0 bridgehead atoms. The molecule has 1 fully saturated rings. The molecule has 1 amide bonds. The van der Waals surface area contributed by atoms with Crippen LogP contribution in [0.3, 0.4) is 0 Å². The summed E-state index contributed by atoms with van der Waals surface area (Å²) in [4.78, 5) is 18.9. The number of benzene rings is 1. The number of pyridine rings is 1. The van der Waals surface area contributed by atoms with Gasteiger partial charge in [-0.3, -0.25) is 9.78 Å². The zero-order valence-electron chi connectivity index (χ0n) is 15.6. The van der Waals surface area contributed by atoms with Gasteiger partial charge >= 0.3 is 0 Å². The fourth-order valence-corrected chi connectivity index (χ4v) is 3.69. The van der Waals surface area contributed by atoms with Crippen molar-refractivity contribution in [2.75, 3.05) is 32.5 Å². The Morgan fingerprint density at radius 1 is 1.29 bits per heavy atom. The normalized spacial score (nSPS) is 16.9. The largest absolute Gasteiger partial charge is 0.493 e. The third-order valence-electron chi connectivity index (χ3n) is 4.47. The molecule has 28 heavy (non-hydrogen) atoms. The Morgan fingerprint density at radius 3 is 2.68 bits per heavy atom. The number of sulfone groups is 1. The minimum atomic E-state index is -3.23. The fourth-order valence-electron chi connectivity index (χ4n) is 3.06. The van der Waals surface area contributed by atoms with Crippen molar-refractivity contribution in [3.05, 3.63) is 54.4 Å². The molecule has 152 valence electrons. The Bertz CT molecular complexity index is 876. The molecule has 3 rings (SSSR count). The highest BCUT2D eigenvalue weighted by Gasteiger charge is 2.27. The number of carbonyl (C=O) groups excluding carboxylic acids is 1. The number of nitrogens with zero attached hydrogens (tertiary/aromatic N) is 2. The SMILES string of the molecule is CS(=O)(=O)c1ccc(OCCC(=O)N2CCNCC2c2cccnc2)cc1.Cl. The maximum absolute atomic E-state index is 12.7. The second kappa shape index (κ2) is 9.86. The van der Waals surface area contributed by atoms with E-state index in [0.717, 1.165) is 18.4 Å². The molecule has 1 aliphatic rings. The first kappa shape index (κ1) is 22.1. The molecule has 2 heterocycles. The predicted octanol–water partition coefficient (Wildman–Crippen LogP) is 1.85. The molecule has 1 aromatic carbocycles. The molecule has 1 aromatic heterocycles. The molecule has 0 spiro atoms. The summed E-state index contributed by atoms with van der Waals surface area (Å²) in [6.45, 7) is 2.34. The lowest BCUT2D eigenvalue weighted by atomic mass is 10.0. The minimum absolute atomic E-state index is 0. The first-order valence-electron chi connectivity index (χ1n) is 8.78. The first-order valence-corrected chi connectivity index (χ1v) is 10.7. The molecular formula is C19H24ClN3O4S. The van der Waals surface area contributed by atoms with Crippen LogP contribution in [0.5, 0.6) is 5.75 Å². The number of hydrogen-bond donors (Lipinski definition) is 1. The van der Waals surface area contributed by atoms with Crippen molar-refractivity contribution in [1.29, 1.82) is 0 Å². The van der Waals surface area contributed by atoms with E-state index < -0.39 is 9.84 Å². The number of amides is 1. The van der Waals surface area contributed by atoms with Gasteiger partial charge in [0, 0.05) is 38.3 Å². The summed E-state index contributed by atoms with van der Waals surface area (Å²) in [6.07, 6.45) is 4.92. The maximum atomic E-state index is 12.7. The molecule has 9 heteroatoms. The molecule has 1 aliphatic heterocycles. The van der Waals surface area contributed by atoms with Crippen molar-refractivity contribution in [2.45, 2.75) is 17.4 Å². The average Bonchev–Trinajstić information content (AvgIpc) is 2.68. The number of carbonyl (C=O) groups is 1. The lowest BCUT2D eigenvalue weighted by Gasteiger charge is -2.36. The van der Waals surface area contributed by atoms with Crippen molar-refractivity contribution < 1.29 is 17.9 Å². The van der Waals surface area contributed by atoms with Crippen molar-refractivity contribution in [3.8, 4) is 5.75 Å². The number of hydrogen-bond acceptors (Lipinski definition) is 6. The van der Waals surface area contributed by atoms with E-state index in [4.69, 9.17) is 4.74 Å². The van der Waals surface area contributed by atoms with Gasteiger partial charge in [0.15, 0.2) is 9.84 Å². The summed E-state index contributed by atoms with van der Waals surface area (Å²) in [6, 6.07) is 10.0. The van der Waals surface area contributed by atoms with Gasteiger partial charge in [0.05, 0.1) is 24.0 Å². The fraction of sp³-hybridized carbons (Fsp3) is 0.368. The van der Waals surface area contributed by atoms with Crippen LogP contribution in [0.15, 0.2) is 53.7 Å². The highest BCUT2D eigenvalue weighted by molar-refractivity contribution is 7.90. The zero-order valence-corrected chi connectivity index (χ0v) is 17.2. The number of piperazine rings is 1. The van der Waals surface area contributed by atoms with Gasteiger partial charge in [0.2, 0.25) is 5.91 Å².